The van der Waals surface area contributed by atoms with E-state index >= 15 is 0 Å². The maximum atomic E-state index is 14.2. The van der Waals surface area contributed by atoms with Crippen LogP contribution in [0.25, 0.3) is 11.2 Å². The first-order chi connectivity index (χ1) is 15.2. The minimum atomic E-state index is -0.371. The highest BCUT2D eigenvalue weighted by Gasteiger charge is 2.15. The molecule has 0 bridgehead atoms. The zero-order valence-corrected chi connectivity index (χ0v) is 17.0. The number of benzene rings is 2. The molecule has 0 amide bonds. The van der Waals surface area contributed by atoms with E-state index in [4.69, 9.17) is 9.84 Å². The molecular weight excluding hydrogens is 411 g/mol. The Balaban J connectivity index is 0.00000289. The minimum absolute atomic E-state index is 0. The van der Waals surface area contributed by atoms with E-state index in [9.17, 15) is 4.39 Å². The fourth-order valence-corrected chi connectivity index (χ4v) is 3.15. The topological polar surface area (TPSA) is 97.1 Å². The largest absolute Gasteiger partial charge is 0.497 e. The molecule has 4 rings (SSSR count). The third kappa shape index (κ3) is 5.12. The van der Waals surface area contributed by atoms with Crippen LogP contribution in [0.2, 0.25) is 0 Å². The van der Waals surface area contributed by atoms with E-state index in [0.717, 1.165) is 17.9 Å². The van der Waals surface area contributed by atoms with Crippen molar-refractivity contribution >= 4 is 34.4 Å². The number of ether oxygens (including phenoxy) is 1. The molecular formula is C23H27FN6O2. The number of hydrogen-bond acceptors (Lipinski definition) is 7. The van der Waals surface area contributed by atoms with Gasteiger partial charge in [0.2, 0.25) is 11.9 Å². The zero-order valence-electron chi connectivity index (χ0n) is 17.0. The van der Waals surface area contributed by atoms with E-state index in [2.05, 4.69) is 25.6 Å². The van der Waals surface area contributed by atoms with Crippen LogP contribution in [0.4, 0.5) is 27.7 Å². The summed E-state index contributed by atoms with van der Waals surface area (Å²) in [5, 5.41) is 15.4. The van der Waals surface area contributed by atoms with Crippen molar-refractivity contribution < 1.29 is 14.2 Å². The molecule has 0 saturated carbocycles. The number of aliphatic hydroxyl groups excluding tert-OH is 1. The number of aryl methyl sites for hydroxylation is 1. The third-order valence-electron chi connectivity index (χ3n) is 4.74. The first kappa shape index (κ1) is 23.0. The smallest absolute Gasteiger partial charge is 0.229 e. The lowest BCUT2D eigenvalue weighted by atomic mass is 10.3. The lowest BCUT2D eigenvalue weighted by Crippen LogP contribution is -2.07. The number of unbranched alkanes of at least 4 members (excludes halogenated alkanes) is 1. The van der Waals surface area contributed by atoms with Gasteiger partial charge < -0.3 is 20.5 Å². The number of hydrogen-bond donors (Lipinski definition) is 3. The van der Waals surface area contributed by atoms with Gasteiger partial charge in [0.1, 0.15) is 17.1 Å². The summed E-state index contributed by atoms with van der Waals surface area (Å²) in [6.07, 6.45) is 2.99. The highest BCUT2D eigenvalue weighted by molar-refractivity contribution is 5.77. The molecule has 0 saturated heterocycles. The number of nitrogens with one attached hydrogen (secondary N) is 2. The maximum Gasteiger partial charge on any atom is 0.229 e. The van der Waals surface area contributed by atoms with Crippen LogP contribution in [0.3, 0.4) is 0 Å². The number of fused-ring (bicyclic) bond motifs is 1. The van der Waals surface area contributed by atoms with Gasteiger partial charge in [-0.05, 0) is 49.2 Å². The van der Waals surface area contributed by atoms with Gasteiger partial charge in [-0.2, -0.15) is 4.98 Å². The lowest BCUT2D eigenvalue weighted by molar-refractivity contribution is 0.281. The molecule has 0 spiro atoms. The van der Waals surface area contributed by atoms with E-state index in [-0.39, 0.29) is 19.9 Å². The number of para-hydroxylation sites is 1. The van der Waals surface area contributed by atoms with Crippen LogP contribution < -0.4 is 15.4 Å². The Morgan fingerprint density at radius 1 is 1.03 bits per heavy atom. The molecule has 0 aliphatic rings. The van der Waals surface area contributed by atoms with Gasteiger partial charge in [-0.1, -0.05) is 19.6 Å². The SMILES string of the molecule is C.COc1ccc(Nc2ncc3nc(Nc4ccccc4F)n(CCCCO)c3n2)cc1. The number of rotatable bonds is 9. The molecule has 8 nitrogen and oxygen atoms in total. The molecule has 0 aliphatic carbocycles. The molecule has 32 heavy (non-hydrogen) atoms. The second-order valence-electron chi connectivity index (χ2n) is 6.88. The quantitative estimate of drug-likeness (QED) is 0.321. The highest BCUT2D eigenvalue weighted by atomic mass is 19.1. The number of aliphatic hydroxyl groups is 1. The summed E-state index contributed by atoms with van der Waals surface area (Å²) in [5.41, 5.74) is 2.34. The maximum absolute atomic E-state index is 14.2. The van der Waals surface area contributed by atoms with Crippen molar-refractivity contribution in [2.24, 2.45) is 0 Å². The van der Waals surface area contributed by atoms with E-state index < -0.39 is 0 Å². The van der Waals surface area contributed by atoms with Gasteiger partial charge in [0, 0.05) is 18.8 Å². The van der Waals surface area contributed by atoms with Crippen molar-refractivity contribution in [1.29, 1.82) is 0 Å². The fraction of sp³-hybridized carbons (Fsp3) is 0.261. The first-order valence-corrected chi connectivity index (χ1v) is 9.94. The molecule has 2 aromatic heterocycles. The Hall–Kier alpha value is -3.72. The van der Waals surface area contributed by atoms with Crippen LogP contribution >= 0.6 is 0 Å². The Kier molecular flexibility index (Phi) is 7.56. The van der Waals surface area contributed by atoms with Gasteiger partial charge in [0.25, 0.3) is 0 Å². The van der Waals surface area contributed by atoms with Gasteiger partial charge in [-0.15, -0.1) is 0 Å². The Bertz CT molecular complexity index is 1160. The van der Waals surface area contributed by atoms with E-state index in [1.807, 2.05) is 28.8 Å². The Labute approximate surface area is 186 Å². The lowest BCUT2D eigenvalue weighted by Gasteiger charge is -2.11. The van der Waals surface area contributed by atoms with Gasteiger partial charge in [0.15, 0.2) is 5.65 Å². The van der Waals surface area contributed by atoms with Crippen LogP contribution in [0.15, 0.2) is 54.7 Å². The normalized spacial score (nSPS) is 10.6. The summed E-state index contributed by atoms with van der Waals surface area (Å²) in [4.78, 5) is 13.5. The number of nitrogens with zero attached hydrogens (tertiary/aromatic N) is 4. The summed E-state index contributed by atoms with van der Waals surface area (Å²) in [5.74, 6) is 1.27. The predicted molar refractivity (Wildman–Crippen MR) is 124 cm³/mol. The molecule has 4 aromatic rings. The first-order valence-electron chi connectivity index (χ1n) is 9.94. The summed E-state index contributed by atoms with van der Waals surface area (Å²) in [6, 6.07) is 13.8. The summed E-state index contributed by atoms with van der Waals surface area (Å²) < 4.78 is 21.2. The van der Waals surface area contributed by atoms with E-state index in [1.54, 1.807) is 31.5 Å². The Morgan fingerprint density at radius 3 is 2.53 bits per heavy atom. The molecule has 9 heteroatoms. The standard InChI is InChI=1S/C22H23FN6O2.CH4/c1-31-16-10-8-15(9-11-16)25-21-24-14-19-20(28-21)29(12-4-5-13-30)22(27-19)26-18-7-3-2-6-17(18)23;/h2-3,6-11,14,30H,4-5,12-13H2,1H3,(H,26,27)(H,24,25,28);1H4. The summed E-state index contributed by atoms with van der Waals surface area (Å²) in [7, 11) is 1.62. The molecule has 2 heterocycles. The van der Waals surface area contributed by atoms with Gasteiger partial charge in [-0.25, -0.2) is 14.4 Å². The summed E-state index contributed by atoms with van der Waals surface area (Å²) in [6.45, 7) is 0.662. The molecule has 0 aliphatic heterocycles. The number of aromatic nitrogens is 4. The van der Waals surface area contributed by atoms with Crippen molar-refractivity contribution in [2.75, 3.05) is 24.4 Å². The van der Waals surface area contributed by atoms with Crippen molar-refractivity contribution in [3.8, 4) is 5.75 Å². The fourth-order valence-electron chi connectivity index (χ4n) is 3.15. The molecule has 0 radical (unpaired) electrons. The highest BCUT2D eigenvalue weighted by Crippen LogP contribution is 2.25. The van der Waals surface area contributed by atoms with Crippen molar-refractivity contribution in [2.45, 2.75) is 26.8 Å². The van der Waals surface area contributed by atoms with Crippen LogP contribution in [0.1, 0.15) is 20.3 Å². The molecule has 2 aromatic carbocycles. The average molecular weight is 439 g/mol. The van der Waals surface area contributed by atoms with Crippen LogP contribution in [0, 0.1) is 5.82 Å². The second-order valence-corrected chi connectivity index (χ2v) is 6.88. The number of methoxy groups -OCH3 is 1. The van der Waals surface area contributed by atoms with Gasteiger partial charge >= 0.3 is 0 Å². The number of imidazole rings is 1. The monoisotopic (exact) mass is 438 g/mol. The third-order valence-corrected chi connectivity index (χ3v) is 4.74. The second kappa shape index (κ2) is 10.5. The van der Waals surface area contributed by atoms with E-state index in [1.165, 1.54) is 6.07 Å². The van der Waals surface area contributed by atoms with Crippen molar-refractivity contribution in [1.82, 2.24) is 19.5 Å². The molecule has 0 unspecified atom stereocenters. The number of halogens is 1. The van der Waals surface area contributed by atoms with Crippen LogP contribution in [-0.2, 0) is 6.54 Å². The minimum Gasteiger partial charge on any atom is -0.497 e. The molecule has 168 valence electrons. The van der Waals surface area contributed by atoms with Gasteiger partial charge in [0.05, 0.1) is 19.0 Å². The predicted octanol–water partition coefficient (Wildman–Crippen LogP) is 4.87. The molecule has 0 fully saturated rings. The Morgan fingerprint density at radius 2 is 1.81 bits per heavy atom. The van der Waals surface area contributed by atoms with Gasteiger partial charge in [-0.3, -0.25) is 4.57 Å². The molecule has 0 atom stereocenters. The van der Waals surface area contributed by atoms with Crippen molar-refractivity contribution in [3.63, 3.8) is 0 Å². The van der Waals surface area contributed by atoms with E-state index in [0.29, 0.717) is 41.7 Å². The average Bonchev–Trinajstić information content (AvgIpc) is 3.12. The molecule has 3 N–H and O–H groups in total. The zero-order chi connectivity index (χ0) is 21.6. The van der Waals surface area contributed by atoms with Crippen molar-refractivity contribution in [3.05, 3.63) is 60.5 Å². The van der Waals surface area contributed by atoms with Crippen LogP contribution in [0.5, 0.6) is 5.75 Å². The number of anilines is 4. The van der Waals surface area contributed by atoms with Crippen LogP contribution in [-0.4, -0.2) is 38.3 Å². The summed E-state index contributed by atoms with van der Waals surface area (Å²) >= 11 is 0.